The van der Waals surface area contributed by atoms with Crippen LogP contribution in [-0.4, -0.2) is 17.0 Å². The molecule has 1 aromatic carbocycles. The van der Waals surface area contributed by atoms with Crippen LogP contribution in [-0.2, 0) is 0 Å². The third-order valence-corrected chi connectivity index (χ3v) is 3.72. The summed E-state index contributed by atoms with van der Waals surface area (Å²) in [5, 5.41) is 3.10. The van der Waals surface area contributed by atoms with Gasteiger partial charge in [0.25, 0.3) is 0 Å². The van der Waals surface area contributed by atoms with Gasteiger partial charge in [0.2, 0.25) is 5.88 Å². The Hall–Kier alpha value is -1.62. The van der Waals surface area contributed by atoms with Crippen molar-refractivity contribution in [2.24, 2.45) is 0 Å². The number of anilines is 1. The summed E-state index contributed by atoms with van der Waals surface area (Å²) < 4.78 is 7.01. The highest BCUT2D eigenvalue weighted by Crippen LogP contribution is 2.31. The van der Waals surface area contributed by atoms with Crippen LogP contribution in [0.25, 0.3) is 0 Å². The van der Waals surface area contributed by atoms with Crippen LogP contribution in [0.15, 0.2) is 22.7 Å². The van der Waals surface area contributed by atoms with Crippen LogP contribution >= 0.6 is 15.9 Å². The SMILES string of the molecule is CNc1nc(C(C)C)nc(Oc2cc(Br)ccc2C)c1C. The molecule has 0 unspecified atom stereocenters. The molecular formula is C16H20BrN3O. The van der Waals surface area contributed by atoms with Gasteiger partial charge in [-0.05, 0) is 31.5 Å². The molecule has 1 aromatic heterocycles. The van der Waals surface area contributed by atoms with Crippen LogP contribution in [0.4, 0.5) is 5.82 Å². The molecular weight excluding hydrogens is 330 g/mol. The zero-order valence-corrected chi connectivity index (χ0v) is 14.6. The van der Waals surface area contributed by atoms with E-state index >= 15 is 0 Å². The number of rotatable bonds is 4. The zero-order valence-electron chi connectivity index (χ0n) is 13.0. The van der Waals surface area contributed by atoms with E-state index in [4.69, 9.17) is 4.74 Å². The second-order valence-electron chi connectivity index (χ2n) is 5.28. The van der Waals surface area contributed by atoms with E-state index in [0.29, 0.717) is 5.88 Å². The summed E-state index contributed by atoms with van der Waals surface area (Å²) in [5.74, 6) is 3.20. The molecule has 4 nitrogen and oxygen atoms in total. The number of ether oxygens (including phenoxy) is 1. The van der Waals surface area contributed by atoms with Crippen molar-refractivity contribution in [3.63, 3.8) is 0 Å². The summed E-state index contributed by atoms with van der Waals surface area (Å²) in [6.45, 7) is 8.11. The van der Waals surface area contributed by atoms with E-state index < -0.39 is 0 Å². The molecule has 0 radical (unpaired) electrons. The molecule has 0 spiro atoms. The second kappa shape index (κ2) is 6.43. The largest absolute Gasteiger partial charge is 0.438 e. The number of nitrogens with one attached hydrogen (secondary N) is 1. The molecule has 2 aromatic rings. The number of aromatic nitrogens is 2. The quantitative estimate of drug-likeness (QED) is 0.859. The number of benzene rings is 1. The summed E-state index contributed by atoms with van der Waals surface area (Å²) in [6, 6.07) is 5.96. The Balaban J connectivity index is 2.47. The Morgan fingerprint density at radius 3 is 2.52 bits per heavy atom. The first kappa shape index (κ1) is 15.8. The van der Waals surface area contributed by atoms with Gasteiger partial charge in [0.05, 0.1) is 5.56 Å². The molecule has 0 aliphatic carbocycles. The van der Waals surface area contributed by atoms with Crippen LogP contribution in [0.1, 0.15) is 36.7 Å². The Morgan fingerprint density at radius 2 is 1.90 bits per heavy atom. The molecule has 0 bridgehead atoms. The maximum Gasteiger partial charge on any atom is 0.227 e. The molecule has 1 N–H and O–H groups in total. The fraction of sp³-hybridized carbons (Fsp3) is 0.375. The first-order valence-corrected chi connectivity index (χ1v) is 7.72. The van der Waals surface area contributed by atoms with E-state index in [0.717, 1.165) is 33.0 Å². The minimum Gasteiger partial charge on any atom is -0.438 e. The summed E-state index contributed by atoms with van der Waals surface area (Å²) in [4.78, 5) is 9.08. The number of nitrogens with zero attached hydrogens (tertiary/aromatic N) is 2. The van der Waals surface area contributed by atoms with Crippen molar-refractivity contribution in [1.29, 1.82) is 0 Å². The first-order chi connectivity index (χ1) is 9.92. The molecule has 0 fully saturated rings. The van der Waals surface area contributed by atoms with E-state index in [-0.39, 0.29) is 5.92 Å². The normalized spacial score (nSPS) is 10.8. The van der Waals surface area contributed by atoms with Crippen LogP contribution in [0.2, 0.25) is 0 Å². The fourth-order valence-electron chi connectivity index (χ4n) is 1.90. The number of aryl methyl sites for hydroxylation is 1. The highest BCUT2D eigenvalue weighted by Gasteiger charge is 2.15. The second-order valence-corrected chi connectivity index (χ2v) is 6.19. The third-order valence-electron chi connectivity index (χ3n) is 3.23. The van der Waals surface area contributed by atoms with Crippen molar-refractivity contribution in [3.8, 4) is 11.6 Å². The lowest BCUT2D eigenvalue weighted by Gasteiger charge is -2.15. The average molecular weight is 350 g/mol. The molecule has 0 aliphatic rings. The molecule has 2 rings (SSSR count). The molecule has 0 aliphatic heterocycles. The molecule has 0 saturated carbocycles. The van der Waals surface area contributed by atoms with Crippen molar-refractivity contribution in [3.05, 3.63) is 39.6 Å². The van der Waals surface area contributed by atoms with Crippen LogP contribution in [0.3, 0.4) is 0 Å². The minimum absolute atomic E-state index is 0.239. The summed E-state index contributed by atoms with van der Waals surface area (Å²) in [5.41, 5.74) is 1.97. The zero-order chi connectivity index (χ0) is 15.6. The molecule has 1 heterocycles. The van der Waals surface area contributed by atoms with Gasteiger partial charge in [0.15, 0.2) is 0 Å². The topological polar surface area (TPSA) is 47.0 Å². The molecule has 5 heteroatoms. The lowest BCUT2D eigenvalue weighted by Crippen LogP contribution is -2.06. The average Bonchev–Trinajstić information content (AvgIpc) is 2.44. The van der Waals surface area contributed by atoms with Gasteiger partial charge in [-0.15, -0.1) is 0 Å². The Labute approximate surface area is 134 Å². The van der Waals surface area contributed by atoms with Crippen LogP contribution < -0.4 is 10.1 Å². The Morgan fingerprint density at radius 1 is 1.19 bits per heavy atom. The molecule has 0 atom stereocenters. The van der Waals surface area contributed by atoms with Gasteiger partial charge in [-0.1, -0.05) is 35.8 Å². The highest BCUT2D eigenvalue weighted by atomic mass is 79.9. The fourth-order valence-corrected chi connectivity index (χ4v) is 2.24. The number of halogens is 1. The summed E-state index contributed by atoms with van der Waals surface area (Å²) >= 11 is 3.47. The van der Waals surface area contributed by atoms with Crippen molar-refractivity contribution in [2.75, 3.05) is 12.4 Å². The first-order valence-electron chi connectivity index (χ1n) is 6.92. The Kier molecular flexibility index (Phi) is 4.83. The van der Waals surface area contributed by atoms with Crippen molar-refractivity contribution in [1.82, 2.24) is 9.97 Å². The van der Waals surface area contributed by atoms with E-state index in [9.17, 15) is 0 Å². The van der Waals surface area contributed by atoms with Gasteiger partial charge in [0, 0.05) is 17.4 Å². The number of hydrogen-bond acceptors (Lipinski definition) is 4. The lowest BCUT2D eigenvalue weighted by molar-refractivity contribution is 0.449. The highest BCUT2D eigenvalue weighted by molar-refractivity contribution is 9.10. The molecule has 0 amide bonds. The number of hydrogen-bond donors (Lipinski definition) is 1. The molecule has 112 valence electrons. The minimum atomic E-state index is 0.239. The maximum atomic E-state index is 6.03. The van der Waals surface area contributed by atoms with Crippen molar-refractivity contribution >= 4 is 21.7 Å². The standard InChI is InChI=1S/C16H20BrN3O/c1-9(2)14-19-15(18-5)11(4)16(20-14)21-13-8-12(17)7-6-10(13)3/h6-9H,1-5H3,(H,18,19,20). The van der Waals surface area contributed by atoms with Gasteiger partial charge in [-0.25, -0.2) is 4.98 Å². The van der Waals surface area contributed by atoms with Gasteiger partial charge >= 0.3 is 0 Å². The monoisotopic (exact) mass is 349 g/mol. The molecule has 21 heavy (non-hydrogen) atoms. The van der Waals surface area contributed by atoms with Crippen molar-refractivity contribution < 1.29 is 4.74 Å². The maximum absolute atomic E-state index is 6.03. The van der Waals surface area contributed by atoms with E-state index in [1.807, 2.05) is 39.1 Å². The Bertz CT molecular complexity index is 656. The van der Waals surface area contributed by atoms with E-state index in [2.05, 4.69) is 45.1 Å². The molecule has 0 saturated heterocycles. The van der Waals surface area contributed by atoms with Crippen LogP contribution in [0.5, 0.6) is 11.6 Å². The van der Waals surface area contributed by atoms with Gasteiger partial charge < -0.3 is 10.1 Å². The van der Waals surface area contributed by atoms with Crippen molar-refractivity contribution in [2.45, 2.75) is 33.6 Å². The van der Waals surface area contributed by atoms with E-state index in [1.54, 1.807) is 0 Å². The lowest BCUT2D eigenvalue weighted by atomic mass is 10.2. The van der Waals surface area contributed by atoms with Gasteiger partial charge in [-0.3, -0.25) is 0 Å². The van der Waals surface area contributed by atoms with Gasteiger partial charge in [-0.2, -0.15) is 4.98 Å². The van der Waals surface area contributed by atoms with Crippen LogP contribution in [0, 0.1) is 13.8 Å². The van der Waals surface area contributed by atoms with Gasteiger partial charge in [0.1, 0.15) is 17.4 Å². The smallest absolute Gasteiger partial charge is 0.227 e. The van der Waals surface area contributed by atoms with E-state index in [1.165, 1.54) is 0 Å². The predicted octanol–water partition coefficient (Wildman–Crippen LogP) is 4.81. The third kappa shape index (κ3) is 3.53. The predicted molar refractivity (Wildman–Crippen MR) is 89.4 cm³/mol. The summed E-state index contributed by atoms with van der Waals surface area (Å²) in [7, 11) is 1.85. The summed E-state index contributed by atoms with van der Waals surface area (Å²) in [6.07, 6.45) is 0.